The number of carbonyl (C=O) groups excluding carboxylic acids is 1. The highest BCUT2D eigenvalue weighted by molar-refractivity contribution is 6.03. The minimum atomic E-state index is -0.492. The van der Waals surface area contributed by atoms with E-state index in [0.717, 1.165) is 27.9 Å². The van der Waals surface area contributed by atoms with E-state index >= 15 is 0 Å². The number of rotatable bonds is 7. The molecule has 0 spiro atoms. The Balaban J connectivity index is 1.33. The van der Waals surface area contributed by atoms with Gasteiger partial charge in [-0.05, 0) is 42.8 Å². The predicted octanol–water partition coefficient (Wildman–Crippen LogP) is 3.26. The van der Waals surface area contributed by atoms with Gasteiger partial charge in [-0.15, -0.1) is 0 Å². The van der Waals surface area contributed by atoms with E-state index in [2.05, 4.69) is 15.6 Å². The number of nitro benzene ring substituents is 1. The van der Waals surface area contributed by atoms with Gasteiger partial charge >= 0.3 is 0 Å². The molecule has 0 aliphatic carbocycles. The molecule has 1 amide bonds. The van der Waals surface area contributed by atoms with Crippen LogP contribution in [0.1, 0.15) is 16.8 Å². The van der Waals surface area contributed by atoms with Gasteiger partial charge in [-0.25, -0.2) is 4.98 Å². The number of anilines is 1. The molecular formula is C21H20N6O3. The van der Waals surface area contributed by atoms with Crippen molar-refractivity contribution >= 4 is 39.5 Å². The molecule has 0 aliphatic rings. The van der Waals surface area contributed by atoms with Gasteiger partial charge in [0.15, 0.2) is 0 Å². The van der Waals surface area contributed by atoms with E-state index in [-0.39, 0.29) is 11.6 Å². The van der Waals surface area contributed by atoms with Crippen molar-refractivity contribution in [3.05, 3.63) is 70.4 Å². The highest BCUT2D eigenvalue weighted by Crippen LogP contribution is 2.25. The summed E-state index contributed by atoms with van der Waals surface area (Å²) in [4.78, 5) is 31.4. The number of amides is 1. The van der Waals surface area contributed by atoms with E-state index < -0.39 is 4.92 Å². The molecule has 0 fully saturated rings. The smallest absolute Gasteiger partial charge is 0.269 e. The molecule has 2 aromatic heterocycles. The van der Waals surface area contributed by atoms with E-state index in [1.807, 2.05) is 35.9 Å². The third-order valence-corrected chi connectivity index (χ3v) is 4.89. The van der Waals surface area contributed by atoms with Gasteiger partial charge in [-0.2, -0.15) is 0 Å². The maximum Gasteiger partial charge on any atom is 0.269 e. The summed E-state index contributed by atoms with van der Waals surface area (Å²) in [6.07, 6.45) is 2.46. The normalized spacial score (nSPS) is 11.0. The van der Waals surface area contributed by atoms with Gasteiger partial charge in [0.25, 0.3) is 11.6 Å². The molecule has 0 bridgehead atoms. The van der Waals surface area contributed by atoms with Gasteiger partial charge in [0, 0.05) is 49.4 Å². The van der Waals surface area contributed by atoms with Crippen molar-refractivity contribution in [3.63, 3.8) is 0 Å². The first-order valence-electron chi connectivity index (χ1n) is 9.51. The average Bonchev–Trinajstić information content (AvgIpc) is 3.09. The molecule has 4 aromatic rings. The van der Waals surface area contributed by atoms with E-state index in [0.29, 0.717) is 25.1 Å². The van der Waals surface area contributed by atoms with Crippen LogP contribution < -0.4 is 10.6 Å². The minimum Gasteiger partial charge on any atom is -0.356 e. The van der Waals surface area contributed by atoms with Crippen molar-refractivity contribution in [3.8, 4) is 0 Å². The summed E-state index contributed by atoms with van der Waals surface area (Å²) in [5.74, 6) is 0.495. The molecular weight excluding hydrogens is 384 g/mol. The number of fused-ring (bicyclic) bond motifs is 3. The first-order chi connectivity index (χ1) is 14.5. The second-order valence-corrected chi connectivity index (χ2v) is 6.84. The molecule has 0 radical (unpaired) electrons. The average molecular weight is 404 g/mol. The van der Waals surface area contributed by atoms with Crippen molar-refractivity contribution in [2.24, 2.45) is 7.05 Å². The molecule has 0 saturated carbocycles. The number of nitrogens with zero attached hydrogens (tertiary/aromatic N) is 4. The van der Waals surface area contributed by atoms with E-state index in [9.17, 15) is 14.9 Å². The fourth-order valence-corrected chi connectivity index (χ4v) is 3.29. The molecule has 9 nitrogen and oxygen atoms in total. The number of benzene rings is 2. The summed E-state index contributed by atoms with van der Waals surface area (Å²) in [6, 6.07) is 13.4. The van der Waals surface area contributed by atoms with Crippen LogP contribution in [-0.4, -0.2) is 38.5 Å². The number of hydrogen-bond donors (Lipinski definition) is 2. The Hall–Kier alpha value is -4.01. The summed E-state index contributed by atoms with van der Waals surface area (Å²) in [5, 5.41) is 17.8. The van der Waals surface area contributed by atoms with Crippen LogP contribution in [0.15, 0.2) is 54.7 Å². The third kappa shape index (κ3) is 3.77. The van der Waals surface area contributed by atoms with Gasteiger partial charge in [0.05, 0.1) is 16.0 Å². The molecule has 30 heavy (non-hydrogen) atoms. The third-order valence-electron chi connectivity index (χ3n) is 4.89. The first-order valence-corrected chi connectivity index (χ1v) is 9.51. The van der Waals surface area contributed by atoms with Crippen LogP contribution in [0.4, 0.5) is 11.6 Å². The molecule has 0 saturated heterocycles. The molecule has 2 N–H and O–H groups in total. The van der Waals surface area contributed by atoms with Gasteiger partial charge in [-0.3, -0.25) is 19.9 Å². The zero-order valence-electron chi connectivity index (χ0n) is 16.3. The number of aryl methyl sites for hydroxylation is 1. The number of nitro groups is 1. The van der Waals surface area contributed by atoms with Crippen LogP contribution in [0.25, 0.3) is 21.9 Å². The van der Waals surface area contributed by atoms with Crippen LogP contribution in [0, 0.1) is 10.1 Å². The summed E-state index contributed by atoms with van der Waals surface area (Å²) in [5.41, 5.74) is 3.18. The predicted molar refractivity (Wildman–Crippen MR) is 115 cm³/mol. The number of nitrogens with one attached hydrogen (secondary N) is 2. The Kier molecular flexibility index (Phi) is 5.25. The van der Waals surface area contributed by atoms with Crippen molar-refractivity contribution in [1.82, 2.24) is 19.9 Å². The van der Waals surface area contributed by atoms with Crippen molar-refractivity contribution in [2.45, 2.75) is 6.42 Å². The number of hydrogen-bond acceptors (Lipinski definition) is 6. The van der Waals surface area contributed by atoms with E-state index in [1.165, 1.54) is 24.3 Å². The summed E-state index contributed by atoms with van der Waals surface area (Å²) < 4.78 is 2.00. The highest BCUT2D eigenvalue weighted by Gasteiger charge is 2.11. The van der Waals surface area contributed by atoms with Crippen molar-refractivity contribution < 1.29 is 9.72 Å². The summed E-state index contributed by atoms with van der Waals surface area (Å²) in [7, 11) is 1.95. The SMILES string of the molecule is Cn1c(NCCCNC(=O)c2ccc([N+](=O)[O-])cc2)nc2c3cccnc3ccc21. The van der Waals surface area contributed by atoms with Crippen LogP contribution in [-0.2, 0) is 7.05 Å². The maximum atomic E-state index is 12.1. The van der Waals surface area contributed by atoms with Crippen molar-refractivity contribution in [2.75, 3.05) is 18.4 Å². The van der Waals surface area contributed by atoms with Crippen LogP contribution in [0.3, 0.4) is 0 Å². The second kappa shape index (κ2) is 8.16. The lowest BCUT2D eigenvalue weighted by Crippen LogP contribution is -2.26. The molecule has 2 heterocycles. The molecule has 0 unspecified atom stereocenters. The van der Waals surface area contributed by atoms with Crippen molar-refractivity contribution in [1.29, 1.82) is 0 Å². The first kappa shape index (κ1) is 19.3. The fraction of sp³-hybridized carbons (Fsp3) is 0.190. The molecule has 152 valence electrons. The Labute approximate surface area is 171 Å². The van der Waals surface area contributed by atoms with Gasteiger partial charge in [-0.1, -0.05) is 0 Å². The van der Waals surface area contributed by atoms with E-state index in [4.69, 9.17) is 4.98 Å². The Morgan fingerprint density at radius 3 is 2.70 bits per heavy atom. The quantitative estimate of drug-likeness (QED) is 0.278. The largest absolute Gasteiger partial charge is 0.356 e. The lowest BCUT2D eigenvalue weighted by molar-refractivity contribution is -0.384. The number of aromatic nitrogens is 3. The van der Waals surface area contributed by atoms with Gasteiger partial charge in [0.1, 0.15) is 5.52 Å². The molecule has 0 atom stereocenters. The van der Waals surface area contributed by atoms with Crippen LogP contribution in [0.2, 0.25) is 0 Å². The summed E-state index contributed by atoms with van der Waals surface area (Å²) >= 11 is 0. The zero-order chi connectivity index (χ0) is 21.1. The zero-order valence-corrected chi connectivity index (χ0v) is 16.3. The highest BCUT2D eigenvalue weighted by atomic mass is 16.6. The molecule has 4 rings (SSSR count). The Morgan fingerprint density at radius 2 is 1.93 bits per heavy atom. The van der Waals surface area contributed by atoms with Gasteiger partial charge < -0.3 is 15.2 Å². The second-order valence-electron chi connectivity index (χ2n) is 6.84. The number of pyridine rings is 1. The summed E-state index contributed by atoms with van der Waals surface area (Å²) in [6.45, 7) is 1.10. The maximum absolute atomic E-state index is 12.1. The number of non-ortho nitro benzene ring substituents is 1. The lowest BCUT2D eigenvalue weighted by Gasteiger charge is -2.07. The van der Waals surface area contributed by atoms with E-state index in [1.54, 1.807) is 6.20 Å². The molecule has 0 aliphatic heterocycles. The Bertz CT molecular complexity index is 1230. The topological polar surface area (TPSA) is 115 Å². The standard InChI is InChI=1S/C21H20N6O3/c1-26-18-10-9-17-16(4-2-11-22-17)19(18)25-21(26)24-13-3-12-23-20(28)14-5-7-15(8-6-14)27(29)30/h2,4-11H,3,12-13H2,1H3,(H,23,28)(H,24,25). The Morgan fingerprint density at radius 1 is 1.13 bits per heavy atom. The van der Waals surface area contributed by atoms with Gasteiger partial charge in [0.2, 0.25) is 5.95 Å². The minimum absolute atomic E-state index is 0.0400. The number of carbonyl (C=O) groups is 1. The number of imidazole rings is 1. The fourth-order valence-electron chi connectivity index (χ4n) is 3.29. The van der Waals surface area contributed by atoms with Crippen LogP contribution in [0.5, 0.6) is 0 Å². The lowest BCUT2D eigenvalue weighted by atomic mass is 10.2. The molecule has 2 aromatic carbocycles. The van der Waals surface area contributed by atoms with Crippen LogP contribution >= 0.6 is 0 Å². The monoisotopic (exact) mass is 404 g/mol. The molecule has 9 heteroatoms.